The van der Waals surface area contributed by atoms with E-state index >= 15 is 0 Å². The number of aliphatic hydroxyl groups is 1. The Morgan fingerprint density at radius 1 is 1.09 bits per heavy atom. The third-order valence-corrected chi connectivity index (χ3v) is 9.45. The van der Waals surface area contributed by atoms with Crippen molar-refractivity contribution in [3.05, 3.63) is 53.1 Å². The van der Waals surface area contributed by atoms with Crippen LogP contribution in [0.1, 0.15) is 61.6 Å². The fourth-order valence-electron chi connectivity index (χ4n) is 6.82. The van der Waals surface area contributed by atoms with E-state index < -0.39 is 10.1 Å². The molecule has 6 nitrogen and oxygen atoms in total. The van der Waals surface area contributed by atoms with Crippen LogP contribution >= 0.6 is 0 Å². The molecule has 5 rings (SSSR count). The van der Waals surface area contributed by atoms with E-state index in [4.69, 9.17) is 9.47 Å². The Labute approximate surface area is 195 Å². The van der Waals surface area contributed by atoms with E-state index in [1.54, 1.807) is 0 Å². The van der Waals surface area contributed by atoms with E-state index in [1.165, 1.54) is 42.9 Å². The SMILES string of the molecule is COc1cc(OCc2ccc3c(c2)CCC2C3CC[C@@]3(C)C2CC[C@@H]3O)ccc1S(=O)(=O)O. The standard InChI is InChI=1S/C26H32O6S/c1-26-12-11-20-19-6-3-16(13-17(19)4-7-21(20)22(26)8-10-25(26)27)15-32-18-5-9-24(33(28,29)30)23(14-18)31-2/h3,5-6,9,13-14,20-22,25,27H,4,7-8,10-12,15H2,1-2H3,(H,28,29,30)/t20?,21?,22?,25-,26-/m0/s1. The molecule has 3 aliphatic rings. The van der Waals surface area contributed by atoms with Crippen LogP contribution in [0.5, 0.6) is 11.5 Å². The van der Waals surface area contributed by atoms with Crippen molar-refractivity contribution in [1.82, 2.24) is 0 Å². The van der Waals surface area contributed by atoms with Gasteiger partial charge in [0.25, 0.3) is 10.1 Å². The molecule has 0 aromatic heterocycles. The van der Waals surface area contributed by atoms with Gasteiger partial charge in [-0.1, -0.05) is 25.1 Å². The van der Waals surface area contributed by atoms with E-state index in [0.29, 0.717) is 30.1 Å². The van der Waals surface area contributed by atoms with Gasteiger partial charge < -0.3 is 14.6 Å². The molecule has 0 amide bonds. The summed E-state index contributed by atoms with van der Waals surface area (Å²) < 4.78 is 43.2. The summed E-state index contributed by atoms with van der Waals surface area (Å²) in [6.45, 7) is 2.67. The number of aliphatic hydroxyl groups excluding tert-OH is 1. The molecule has 33 heavy (non-hydrogen) atoms. The highest BCUT2D eigenvalue weighted by Crippen LogP contribution is 2.60. The highest BCUT2D eigenvalue weighted by atomic mass is 32.2. The van der Waals surface area contributed by atoms with E-state index in [9.17, 15) is 18.1 Å². The van der Waals surface area contributed by atoms with E-state index in [2.05, 4.69) is 25.1 Å². The molecule has 7 heteroatoms. The third kappa shape index (κ3) is 3.94. The maximum atomic E-state index is 11.5. The van der Waals surface area contributed by atoms with Crippen LogP contribution in [-0.4, -0.2) is 31.3 Å². The Morgan fingerprint density at radius 2 is 1.91 bits per heavy atom. The lowest BCUT2D eigenvalue weighted by Crippen LogP contribution is -2.43. The Bertz CT molecular complexity index is 1160. The Balaban J connectivity index is 1.31. The predicted octanol–water partition coefficient (Wildman–Crippen LogP) is 4.74. The monoisotopic (exact) mass is 472 g/mol. The second-order valence-electron chi connectivity index (χ2n) is 10.2. The fraction of sp³-hybridized carbons (Fsp3) is 0.538. The zero-order valence-corrected chi connectivity index (χ0v) is 20.0. The van der Waals surface area contributed by atoms with Gasteiger partial charge in [0.15, 0.2) is 0 Å². The summed E-state index contributed by atoms with van der Waals surface area (Å²) in [6.07, 6.45) is 6.45. The van der Waals surface area contributed by atoms with Gasteiger partial charge in [0.2, 0.25) is 0 Å². The van der Waals surface area contributed by atoms with Gasteiger partial charge in [0, 0.05) is 6.07 Å². The molecule has 0 heterocycles. The molecule has 0 saturated heterocycles. The van der Waals surface area contributed by atoms with Crippen LogP contribution in [0.4, 0.5) is 0 Å². The second kappa shape index (κ2) is 8.29. The number of hydrogen-bond donors (Lipinski definition) is 2. The minimum Gasteiger partial charge on any atom is -0.495 e. The molecule has 3 aliphatic carbocycles. The number of ether oxygens (including phenoxy) is 2. The van der Waals surface area contributed by atoms with Crippen LogP contribution in [0, 0.1) is 17.3 Å². The summed E-state index contributed by atoms with van der Waals surface area (Å²) in [4.78, 5) is -0.279. The Kier molecular flexibility index (Phi) is 5.70. The molecule has 178 valence electrons. The number of fused-ring (bicyclic) bond motifs is 5. The van der Waals surface area contributed by atoms with Gasteiger partial charge in [-0.05, 0) is 90.5 Å². The first-order valence-electron chi connectivity index (χ1n) is 11.8. The average Bonchev–Trinajstić information content (AvgIpc) is 3.11. The molecule has 5 atom stereocenters. The topological polar surface area (TPSA) is 93.1 Å². The summed E-state index contributed by atoms with van der Waals surface area (Å²) in [5.74, 6) is 2.41. The molecule has 2 fully saturated rings. The molecular weight excluding hydrogens is 440 g/mol. The van der Waals surface area contributed by atoms with Gasteiger partial charge >= 0.3 is 0 Å². The fourth-order valence-corrected chi connectivity index (χ4v) is 7.45. The quantitative estimate of drug-likeness (QED) is 0.611. The van der Waals surface area contributed by atoms with Crippen molar-refractivity contribution in [1.29, 1.82) is 0 Å². The van der Waals surface area contributed by atoms with Gasteiger partial charge in [0.05, 0.1) is 13.2 Å². The zero-order valence-electron chi connectivity index (χ0n) is 19.2. The Morgan fingerprint density at radius 3 is 2.67 bits per heavy atom. The number of methoxy groups -OCH3 is 1. The molecule has 2 aromatic rings. The summed E-state index contributed by atoms with van der Waals surface area (Å²) in [6, 6.07) is 10.9. The first-order chi connectivity index (χ1) is 15.7. The highest BCUT2D eigenvalue weighted by Gasteiger charge is 2.54. The van der Waals surface area contributed by atoms with Gasteiger partial charge in [-0.25, -0.2) is 0 Å². The second-order valence-corrected chi connectivity index (χ2v) is 11.6. The molecule has 2 saturated carbocycles. The van der Waals surface area contributed by atoms with Crippen LogP contribution in [0.25, 0.3) is 0 Å². The van der Waals surface area contributed by atoms with Crippen LogP contribution in [-0.2, 0) is 23.1 Å². The van der Waals surface area contributed by atoms with Crippen molar-refractivity contribution < 1.29 is 27.6 Å². The predicted molar refractivity (Wildman–Crippen MR) is 124 cm³/mol. The lowest BCUT2D eigenvalue weighted by atomic mass is 9.55. The molecule has 2 aromatic carbocycles. The summed E-state index contributed by atoms with van der Waals surface area (Å²) in [5.41, 5.74) is 4.04. The summed E-state index contributed by atoms with van der Waals surface area (Å²) in [5, 5.41) is 10.6. The van der Waals surface area contributed by atoms with E-state index in [0.717, 1.165) is 37.7 Å². The number of benzene rings is 2. The number of aryl methyl sites for hydroxylation is 1. The minimum absolute atomic E-state index is 0.0489. The van der Waals surface area contributed by atoms with Crippen molar-refractivity contribution in [3.8, 4) is 11.5 Å². The normalized spacial score (nSPS) is 30.8. The van der Waals surface area contributed by atoms with Crippen molar-refractivity contribution in [2.24, 2.45) is 17.3 Å². The van der Waals surface area contributed by atoms with Gasteiger partial charge in [-0.3, -0.25) is 4.55 Å². The first kappa shape index (κ1) is 22.7. The van der Waals surface area contributed by atoms with Crippen molar-refractivity contribution in [2.75, 3.05) is 7.11 Å². The molecule has 0 spiro atoms. The minimum atomic E-state index is -4.36. The van der Waals surface area contributed by atoms with Crippen LogP contribution in [0.2, 0.25) is 0 Å². The van der Waals surface area contributed by atoms with Gasteiger partial charge in [-0.15, -0.1) is 0 Å². The maximum absolute atomic E-state index is 11.5. The van der Waals surface area contributed by atoms with Crippen molar-refractivity contribution in [3.63, 3.8) is 0 Å². The number of hydrogen-bond acceptors (Lipinski definition) is 5. The third-order valence-electron chi connectivity index (χ3n) is 8.56. The summed E-state index contributed by atoms with van der Waals surface area (Å²) in [7, 11) is -3.00. The average molecular weight is 473 g/mol. The highest BCUT2D eigenvalue weighted by molar-refractivity contribution is 7.86. The smallest absolute Gasteiger partial charge is 0.298 e. The van der Waals surface area contributed by atoms with E-state index in [-0.39, 0.29) is 22.2 Å². The van der Waals surface area contributed by atoms with Crippen LogP contribution in [0.3, 0.4) is 0 Å². The summed E-state index contributed by atoms with van der Waals surface area (Å²) >= 11 is 0. The molecule has 0 radical (unpaired) electrons. The molecule has 0 bridgehead atoms. The van der Waals surface area contributed by atoms with Crippen LogP contribution < -0.4 is 9.47 Å². The van der Waals surface area contributed by atoms with Crippen LogP contribution in [0.15, 0.2) is 41.3 Å². The van der Waals surface area contributed by atoms with Gasteiger partial charge in [0.1, 0.15) is 23.0 Å². The molecule has 3 unspecified atom stereocenters. The lowest BCUT2D eigenvalue weighted by Gasteiger charge is -2.50. The maximum Gasteiger partial charge on any atom is 0.298 e. The number of rotatable bonds is 5. The van der Waals surface area contributed by atoms with E-state index in [1.807, 2.05) is 0 Å². The van der Waals surface area contributed by atoms with Crippen molar-refractivity contribution in [2.45, 2.75) is 69.0 Å². The first-order valence-corrected chi connectivity index (χ1v) is 13.2. The molecular formula is C26H32O6S. The molecule has 0 aliphatic heterocycles. The zero-order chi connectivity index (χ0) is 23.4. The largest absolute Gasteiger partial charge is 0.495 e. The van der Waals surface area contributed by atoms with Gasteiger partial charge in [-0.2, -0.15) is 8.42 Å². The molecule has 2 N–H and O–H groups in total. The Hall–Kier alpha value is -2.09. The lowest BCUT2D eigenvalue weighted by molar-refractivity contribution is -0.0226. The van der Waals surface area contributed by atoms with Crippen molar-refractivity contribution >= 4 is 10.1 Å².